The molecule has 2 aromatic carbocycles. The molecule has 1 N–H and O–H groups in total. The van der Waals surface area contributed by atoms with Crippen molar-refractivity contribution in [1.29, 1.82) is 0 Å². The van der Waals surface area contributed by atoms with Crippen LogP contribution in [-0.4, -0.2) is 24.1 Å². The molecule has 5 heteroatoms. The molecule has 3 aromatic rings. The van der Waals surface area contributed by atoms with Crippen LogP contribution in [0.2, 0.25) is 0 Å². The van der Waals surface area contributed by atoms with Crippen molar-refractivity contribution in [2.24, 2.45) is 0 Å². The highest BCUT2D eigenvalue weighted by molar-refractivity contribution is 5.96. The highest BCUT2D eigenvalue weighted by atomic mass is 35.5. The lowest BCUT2D eigenvalue weighted by Gasteiger charge is -2.16. The fourth-order valence-electron chi connectivity index (χ4n) is 3.07. The maximum Gasteiger partial charge on any atom is 0.336 e. The summed E-state index contributed by atoms with van der Waals surface area (Å²) in [5.74, 6) is 0.162. The number of phenolic OH excluding ortho intramolecular Hbond substituents is 1. The second kappa shape index (κ2) is 8.21. The van der Waals surface area contributed by atoms with E-state index in [-0.39, 0.29) is 18.2 Å². The fourth-order valence-corrected chi connectivity index (χ4v) is 3.07. The Kier molecular flexibility index (Phi) is 6.24. The van der Waals surface area contributed by atoms with Crippen molar-refractivity contribution in [2.45, 2.75) is 13.0 Å². The van der Waals surface area contributed by atoms with Crippen molar-refractivity contribution < 1.29 is 9.52 Å². The van der Waals surface area contributed by atoms with E-state index < -0.39 is 5.63 Å². The van der Waals surface area contributed by atoms with Crippen molar-refractivity contribution in [3.05, 3.63) is 76.7 Å². The van der Waals surface area contributed by atoms with Gasteiger partial charge >= 0.3 is 5.63 Å². The monoisotopic (exact) mass is 371 g/mol. The normalized spacial score (nSPS) is 10.7. The van der Waals surface area contributed by atoms with Crippen molar-refractivity contribution in [3.63, 3.8) is 0 Å². The Hall–Kier alpha value is -2.56. The van der Waals surface area contributed by atoms with E-state index in [2.05, 4.69) is 6.58 Å². The van der Waals surface area contributed by atoms with Gasteiger partial charge in [0.1, 0.15) is 11.3 Å². The quantitative estimate of drug-likeness (QED) is 0.534. The topological polar surface area (TPSA) is 53.7 Å². The van der Waals surface area contributed by atoms with Crippen LogP contribution in [0.15, 0.2) is 64.3 Å². The molecule has 0 amide bonds. The Bertz CT molecular complexity index is 978. The van der Waals surface area contributed by atoms with Crippen molar-refractivity contribution >= 4 is 23.4 Å². The zero-order valence-electron chi connectivity index (χ0n) is 14.9. The molecule has 0 radical (unpaired) electrons. The number of nitrogens with zero attached hydrogens (tertiary/aromatic N) is 1. The van der Waals surface area contributed by atoms with Gasteiger partial charge in [-0.25, -0.2) is 4.79 Å². The highest BCUT2D eigenvalue weighted by Crippen LogP contribution is 2.36. The molecule has 0 aliphatic heterocycles. The minimum Gasteiger partial charge on any atom is -0.507 e. The van der Waals surface area contributed by atoms with Gasteiger partial charge in [-0.15, -0.1) is 19.0 Å². The minimum atomic E-state index is -0.434. The summed E-state index contributed by atoms with van der Waals surface area (Å²) < 4.78 is 5.47. The van der Waals surface area contributed by atoms with E-state index in [0.717, 1.165) is 22.1 Å². The Morgan fingerprint density at radius 3 is 2.50 bits per heavy atom. The summed E-state index contributed by atoms with van der Waals surface area (Å²) in [4.78, 5) is 14.1. The number of halogens is 1. The molecule has 4 nitrogen and oxygen atoms in total. The first-order valence-corrected chi connectivity index (χ1v) is 8.14. The summed E-state index contributed by atoms with van der Waals surface area (Å²) in [6.07, 6.45) is 2.12. The van der Waals surface area contributed by atoms with Crippen LogP contribution in [0.4, 0.5) is 0 Å². The van der Waals surface area contributed by atoms with Crippen molar-refractivity contribution in [1.82, 2.24) is 4.90 Å². The smallest absolute Gasteiger partial charge is 0.336 e. The zero-order chi connectivity index (χ0) is 18.0. The fraction of sp³-hybridized carbons (Fsp3) is 0.190. The standard InChI is InChI=1S/C21H21NO3.ClH/c1-4-8-16-20(24)15(13-22(2)3)11-18-17(12-19(23)25-21(16)18)14-9-6-5-7-10-14;/h4-7,9-12,24H,1,8,13H2,2-3H3;1H. The third-order valence-corrected chi connectivity index (χ3v) is 4.10. The van der Waals surface area contributed by atoms with Crippen LogP contribution in [0.25, 0.3) is 22.1 Å². The number of rotatable bonds is 5. The Balaban J connectivity index is 0.00000243. The van der Waals surface area contributed by atoms with Crippen LogP contribution in [0, 0.1) is 0 Å². The van der Waals surface area contributed by atoms with Gasteiger partial charge in [-0.05, 0) is 37.7 Å². The molecule has 136 valence electrons. The SMILES string of the molecule is C=CCc1c(O)c(CN(C)C)cc2c(-c3ccccc3)cc(=O)oc12.Cl. The Morgan fingerprint density at radius 2 is 1.88 bits per heavy atom. The van der Waals surface area contributed by atoms with E-state index in [1.807, 2.05) is 55.4 Å². The Labute approximate surface area is 158 Å². The van der Waals surface area contributed by atoms with E-state index in [1.54, 1.807) is 6.08 Å². The van der Waals surface area contributed by atoms with Crippen LogP contribution in [0.3, 0.4) is 0 Å². The molecule has 0 atom stereocenters. The molecule has 0 fully saturated rings. The summed E-state index contributed by atoms with van der Waals surface area (Å²) >= 11 is 0. The second-order valence-corrected chi connectivity index (χ2v) is 6.32. The third-order valence-electron chi connectivity index (χ3n) is 4.10. The number of fused-ring (bicyclic) bond motifs is 1. The largest absolute Gasteiger partial charge is 0.507 e. The van der Waals surface area contributed by atoms with Gasteiger partial charge in [0.05, 0.1) is 0 Å². The highest BCUT2D eigenvalue weighted by Gasteiger charge is 2.18. The van der Waals surface area contributed by atoms with Gasteiger partial charge in [0.15, 0.2) is 0 Å². The van der Waals surface area contributed by atoms with Gasteiger partial charge in [-0.3, -0.25) is 0 Å². The van der Waals surface area contributed by atoms with Gasteiger partial charge in [-0.1, -0.05) is 36.4 Å². The predicted octanol–water partition coefficient (Wildman–Crippen LogP) is 4.38. The summed E-state index contributed by atoms with van der Waals surface area (Å²) in [5, 5.41) is 11.5. The number of hydrogen-bond donors (Lipinski definition) is 1. The molecule has 0 spiro atoms. The third kappa shape index (κ3) is 3.82. The molecule has 0 bridgehead atoms. The lowest BCUT2D eigenvalue weighted by Crippen LogP contribution is -2.11. The number of allylic oxidation sites excluding steroid dienone is 1. The first-order chi connectivity index (χ1) is 12.0. The van der Waals surface area contributed by atoms with Crippen molar-refractivity contribution in [3.8, 4) is 16.9 Å². The Morgan fingerprint density at radius 1 is 1.19 bits per heavy atom. The average molecular weight is 372 g/mol. The lowest BCUT2D eigenvalue weighted by molar-refractivity contribution is 0.384. The summed E-state index contributed by atoms with van der Waals surface area (Å²) in [6, 6.07) is 13.1. The molecule has 0 unspecified atom stereocenters. The van der Waals surface area contributed by atoms with Gasteiger partial charge in [0.25, 0.3) is 0 Å². The molecule has 1 aromatic heterocycles. The van der Waals surface area contributed by atoms with Crippen LogP contribution in [-0.2, 0) is 13.0 Å². The molecular weight excluding hydrogens is 350 g/mol. The average Bonchev–Trinajstić information content (AvgIpc) is 2.59. The van der Waals surface area contributed by atoms with E-state index in [1.165, 1.54) is 6.07 Å². The molecule has 0 saturated carbocycles. The minimum absolute atomic E-state index is 0. The van der Waals surface area contributed by atoms with E-state index in [0.29, 0.717) is 24.1 Å². The van der Waals surface area contributed by atoms with Crippen molar-refractivity contribution in [2.75, 3.05) is 14.1 Å². The first kappa shape index (κ1) is 19.8. The maximum atomic E-state index is 12.1. The molecular formula is C21H22ClNO3. The number of phenols is 1. The van der Waals surface area contributed by atoms with Crippen LogP contribution >= 0.6 is 12.4 Å². The second-order valence-electron chi connectivity index (χ2n) is 6.32. The maximum absolute atomic E-state index is 12.1. The number of benzene rings is 2. The molecule has 3 rings (SSSR count). The van der Waals surface area contributed by atoms with Gasteiger partial charge < -0.3 is 14.4 Å². The van der Waals surface area contributed by atoms with Crippen LogP contribution in [0.5, 0.6) is 5.75 Å². The summed E-state index contributed by atoms with van der Waals surface area (Å²) in [7, 11) is 3.89. The number of aromatic hydroxyl groups is 1. The predicted molar refractivity (Wildman–Crippen MR) is 108 cm³/mol. The summed E-state index contributed by atoms with van der Waals surface area (Å²) in [5.41, 5.74) is 3.12. The van der Waals surface area contributed by atoms with Gasteiger partial charge in [0.2, 0.25) is 0 Å². The molecule has 0 aliphatic rings. The van der Waals surface area contributed by atoms with Crippen LogP contribution in [0.1, 0.15) is 11.1 Å². The molecule has 0 saturated heterocycles. The van der Waals surface area contributed by atoms with E-state index >= 15 is 0 Å². The summed E-state index contributed by atoms with van der Waals surface area (Å²) in [6.45, 7) is 4.34. The zero-order valence-corrected chi connectivity index (χ0v) is 15.7. The number of hydrogen-bond acceptors (Lipinski definition) is 4. The molecule has 1 heterocycles. The molecule has 26 heavy (non-hydrogen) atoms. The first-order valence-electron chi connectivity index (χ1n) is 8.14. The van der Waals surface area contributed by atoms with E-state index in [9.17, 15) is 9.90 Å². The molecule has 0 aliphatic carbocycles. The van der Waals surface area contributed by atoms with E-state index in [4.69, 9.17) is 4.42 Å². The van der Waals surface area contributed by atoms with Gasteiger partial charge in [0, 0.05) is 29.1 Å². The van der Waals surface area contributed by atoms with Crippen LogP contribution < -0.4 is 5.63 Å². The lowest BCUT2D eigenvalue weighted by atomic mass is 9.95. The van der Waals surface area contributed by atoms with Gasteiger partial charge in [-0.2, -0.15) is 0 Å².